The maximum atomic E-state index is 12.2. The van der Waals surface area contributed by atoms with Crippen LogP contribution in [0, 0.1) is 0 Å². The number of carbonyl (C=O) groups excluding carboxylic acids is 1. The zero-order valence-corrected chi connectivity index (χ0v) is 16.3. The third-order valence-corrected chi connectivity index (χ3v) is 4.23. The van der Waals surface area contributed by atoms with Crippen LogP contribution in [0.3, 0.4) is 0 Å². The second kappa shape index (κ2) is 8.90. The Bertz CT molecular complexity index is 905. The second-order valence-corrected chi connectivity index (χ2v) is 6.57. The molecule has 2 aromatic carbocycles. The lowest BCUT2D eigenvalue weighted by Gasteiger charge is -2.13. The summed E-state index contributed by atoms with van der Waals surface area (Å²) < 4.78 is 5.12. The molecule has 0 aliphatic rings. The van der Waals surface area contributed by atoms with Crippen molar-refractivity contribution in [1.29, 1.82) is 0 Å². The van der Waals surface area contributed by atoms with E-state index in [4.69, 9.17) is 4.74 Å². The molecule has 0 fully saturated rings. The Balaban J connectivity index is 1.55. The molecule has 0 aliphatic heterocycles. The molecular formula is C22H24N4O2. The molecule has 0 unspecified atom stereocenters. The van der Waals surface area contributed by atoms with Gasteiger partial charge in [0.2, 0.25) is 5.91 Å². The number of rotatable bonds is 7. The normalized spacial score (nSPS) is 10.2. The lowest BCUT2D eigenvalue weighted by atomic mass is 10.1. The first-order chi connectivity index (χ1) is 13.5. The van der Waals surface area contributed by atoms with Crippen LogP contribution in [0.1, 0.15) is 5.56 Å². The highest BCUT2D eigenvalue weighted by atomic mass is 16.5. The van der Waals surface area contributed by atoms with E-state index in [1.165, 1.54) is 0 Å². The van der Waals surface area contributed by atoms with Crippen molar-refractivity contribution in [1.82, 2.24) is 4.98 Å². The van der Waals surface area contributed by atoms with Gasteiger partial charge in [-0.15, -0.1) is 0 Å². The molecule has 2 N–H and O–H groups in total. The zero-order valence-electron chi connectivity index (χ0n) is 16.3. The number of hydrogen-bond donors (Lipinski definition) is 2. The van der Waals surface area contributed by atoms with Crippen LogP contribution in [-0.4, -0.2) is 32.1 Å². The van der Waals surface area contributed by atoms with Gasteiger partial charge in [0.1, 0.15) is 11.6 Å². The van der Waals surface area contributed by atoms with Crippen molar-refractivity contribution in [3.63, 3.8) is 0 Å². The SMILES string of the molecule is COc1ccc(CC(=O)Nc2ccc(Nc3ccc(N(C)C)cc3)nc2)cc1. The van der Waals surface area contributed by atoms with E-state index in [-0.39, 0.29) is 5.91 Å². The maximum absolute atomic E-state index is 12.2. The van der Waals surface area contributed by atoms with E-state index in [9.17, 15) is 4.79 Å². The summed E-state index contributed by atoms with van der Waals surface area (Å²) in [6.07, 6.45) is 1.94. The van der Waals surface area contributed by atoms with Gasteiger partial charge in [-0.05, 0) is 54.1 Å². The smallest absolute Gasteiger partial charge is 0.228 e. The second-order valence-electron chi connectivity index (χ2n) is 6.57. The highest BCUT2D eigenvalue weighted by Gasteiger charge is 2.05. The number of carbonyl (C=O) groups is 1. The quantitative estimate of drug-likeness (QED) is 0.650. The monoisotopic (exact) mass is 376 g/mol. The van der Waals surface area contributed by atoms with Crippen LogP contribution in [0.15, 0.2) is 66.9 Å². The van der Waals surface area contributed by atoms with Crippen molar-refractivity contribution in [2.24, 2.45) is 0 Å². The Hall–Kier alpha value is -3.54. The van der Waals surface area contributed by atoms with Crippen LogP contribution in [0.5, 0.6) is 5.75 Å². The van der Waals surface area contributed by atoms with Crippen LogP contribution >= 0.6 is 0 Å². The first kappa shape index (κ1) is 19.2. The van der Waals surface area contributed by atoms with E-state index in [1.807, 2.05) is 79.7 Å². The van der Waals surface area contributed by atoms with Gasteiger partial charge in [-0.1, -0.05) is 12.1 Å². The number of amides is 1. The molecule has 0 bridgehead atoms. The van der Waals surface area contributed by atoms with Crippen LogP contribution < -0.4 is 20.3 Å². The number of aromatic nitrogens is 1. The lowest BCUT2D eigenvalue weighted by molar-refractivity contribution is -0.115. The molecule has 0 spiro atoms. The average molecular weight is 376 g/mol. The minimum absolute atomic E-state index is 0.0908. The van der Waals surface area contributed by atoms with Crippen molar-refractivity contribution >= 4 is 28.8 Å². The molecule has 0 aliphatic carbocycles. The summed E-state index contributed by atoms with van der Waals surface area (Å²) in [5.74, 6) is 1.39. The predicted octanol–water partition coefficient (Wildman–Crippen LogP) is 4.08. The Labute approximate surface area is 165 Å². The molecule has 1 heterocycles. The summed E-state index contributed by atoms with van der Waals surface area (Å²) >= 11 is 0. The number of methoxy groups -OCH3 is 1. The number of anilines is 4. The van der Waals surface area contributed by atoms with Crippen molar-refractivity contribution in [3.8, 4) is 5.75 Å². The fourth-order valence-corrected chi connectivity index (χ4v) is 2.67. The van der Waals surface area contributed by atoms with Gasteiger partial charge in [0, 0.05) is 25.5 Å². The Kier molecular flexibility index (Phi) is 6.11. The van der Waals surface area contributed by atoms with Crippen LogP contribution in [0.25, 0.3) is 0 Å². The van der Waals surface area contributed by atoms with Gasteiger partial charge in [-0.2, -0.15) is 0 Å². The maximum Gasteiger partial charge on any atom is 0.228 e. The molecule has 0 saturated heterocycles. The Morgan fingerprint density at radius 2 is 1.64 bits per heavy atom. The van der Waals surface area contributed by atoms with Crippen molar-refractivity contribution in [2.45, 2.75) is 6.42 Å². The van der Waals surface area contributed by atoms with Gasteiger partial charge in [-0.25, -0.2) is 4.98 Å². The molecule has 6 heteroatoms. The molecule has 0 saturated carbocycles. The highest BCUT2D eigenvalue weighted by molar-refractivity contribution is 5.92. The van der Waals surface area contributed by atoms with Gasteiger partial charge in [-0.3, -0.25) is 4.79 Å². The summed E-state index contributed by atoms with van der Waals surface area (Å²) in [4.78, 5) is 18.6. The Morgan fingerprint density at radius 1 is 0.964 bits per heavy atom. The van der Waals surface area contributed by atoms with Crippen molar-refractivity contribution in [3.05, 3.63) is 72.4 Å². The molecule has 1 aromatic heterocycles. The zero-order chi connectivity index (χ0) is 19.9. The van der Waals surface area contributed by atoms with Gasteiger partial charge >= 0.3 is 0 Å². The molecule has 0 atom stereocenters. The fraction of sp³-hybridized carbons (Fsp3) is 0.182. The lowest BCUT2D eigenvalue weighted by Crippen LogP contribution is -2.14. The third-order valence-electron chi connectivity index (χ3n) is 4.23. The number of nitrogens with zero attached hydrogens (tertiary/aromatic N) is 2. The van der Waals surface area contributed by atoms with Crippen molar-refractivity contribution < 1.29 is 9.53 Å². The number of ether oxygens (including phenoxy) is 1. The van der Waals surface area contributed by atoms with E-state index < -0.39 is 0 Å². The molecule has 1 amide bonds. The van der Waals surface area contributed by atoms with Gasteiger partial charge < -0.3 is 20.3 Å². The van der Waals surface area contributed by atoms with E-state index in [1.54, 1.807) is 13.3 Å². The topological polar surface area (TPSA) is 66.5 Å². The molecule has 3 aromatic rings. The third kappa shape index (κ3) is 5.23. The first-order valence-corrected chi connectivity index (χ1v) is 8.97. The number of nitrogens with one attached hydrogen (secondary N) is 2. The molecule has 28 heavy (non-hydrogen) atoms. The largest absolute Gasteiger partial charge is 0.497 e. The number of hydrogen-bond acceptors (Lipinski definition) is 5. The van der Waals surface area contributed by atoms with E-state index in [0.717, 1.165) is 22.7 Å². The Morgan fingerprint density at radius 3 is 2.21 bits per heavy atom. The van der Waals surface area contributed by atoms with E-state index in [2.05, 4.69) is 15.6 Å². The molecule has 144 valence electrons. The predicted molar refractivity (Wildman–Crippen MR) is 114 cm³/mol. The van der Waals surface area contributed by atoms with Gasteiger partial charge in [0.05, 0.1) is 25.4 Å². The highest BCUT2D eigenvalue weighted by Crippen LogP contribution is 2.20. The van der Waals surface area contributed by atoms with Crippen LogP contribution in [0.4, 0.5) is 22.9 Å². The van der Waals surface area contributed by atoms with Crippen LogP contribution in [0.2, 0.25) is 0 Å². The molecular weight excluding hydrogens is 352 g/mol. The number of pyridine rings is 1. The first-order valence-electron chi connectivity index (χ1n) is 8.97. The summed E-state index contributed by atoms with van der Waals surface area (Å²) in [6, 6.07) is 19.2. The average Bonchev–Trinajstić information content (AvgIpc) is 2.70. The summed E-state index contributed by atoms with van der Waals surface area (Å²) in [5.41, 5.74) is 3.67. The summed E-state index contributed by atoms with van der Waals surface area (Å²) in [7, 11) is 5.63. The molecule has 6 nitrogen and oxygen atoms in total. The summed E-state index contributed by atoms with van der Waals surface area (Å²) in [5, 5.41) is 6.11. The van der Waals surface area contributed by atoms with Gasteiger partial charge in [0.25, 0.3) is 0 Å². The standard InChI is InChI=1S/C22H24N4O2/c1-26(2)19-9-6-17(7-10-19)24-21-13-8-18(15-23-21)25-22(27)14-16-4-11-20(28-3)12-5-16/h4-13,15H,14H2,1-3H3,(H,23,24)(H,25,27). The molecule has 3 rings (SSSR count). The van der Waals surface area contributed by atoms with Crippen LogP contribution in [-0.2, 0) is 11.2 Å². The minimum Gasteiger partial charge on any atom is -0.497 e. The van der Waals surface area contributed by atoms with E-state index >= 15 is 0 Å². The summed E-state index contributed by atoms with van der Waals surface area (Å²) in [6.45, 7) is 0. The van der Waals surface area contributed by atoms with Crippen molar-refractivity contribution in [2.75, 3.05) is 36.7 Å². The van der Waals surface area contributed by atoms with E-state index in [0.29, 0.717) is 17.9 Å². The number of benzene rings is 2. The van der Waals surface area contributed by atoms with Gasteiger partial charge in [0.15, 0.2) is 0 Å². The minimum atomic E-state index is -0.0908. The fourth-order valence-electron chi connectivity index (χ4n) is 2.67. The molecule has 0 radical (unpaired) electrons.